The number of nitrogens with one attached hydrogen (secondary N) is 1. The van der Waals surface area contributed by atoms with Gasteiger partial charge in [0, 0.05) is 38.0 Å². The number of benzene rings is 1. The van der Waals surface area contributed by atoms with E-state index < -0.39 is 5.60 Å². The summed E-state index contributed by atoms with van der Waals surface area (Å²) in [5.41, 5.74) is 4.42. The van der Waals surface area contributed by atoms with Gasteiger partial charge in [-0.15, -0.1) is 0 Å². The maximum absolute atomic E-state index is 12.9. The number of hydrogen-bond acceptors (Lipinski definition) is 5. The highest BCUT2D eigenvalue weighted by Gasteiger charge is 2.39. The number of rotatable bonds is 2. The van der Waals surface area contributed by atoms with Crippen molar-refractivity contribution >= 4 is 6.09 Å². The van der Waals surface area contributed by atoms with Gasteiger partial charge in [0.15, 0.2) is 0 Å². The van der Waals surface area contributed by atoms with Crippen molar-refractivity contribution in [1.82, 2.24) is 20.0 Å². The van der Waals surface area contributed by atoms with Gasteiger partial charge in [0.05, 0.1) is 17.4 Å². The molecule has 2 aliphatic heterocycles. The quantitative estimate of drug-likeness (QED) is 0.787. The van der Waals surface area contributed by atoms with Gasteiger partial charge in [0.1, 0.15) is 17.0 Å². The van der Waals surface area contributed by atoms with Crippen molar-refractivity contribution in [3.8, 4) is 11.4 Å². The van der Waals surface area contributed by atoms with E-state index in [0.29, 0.717) is 31.1 Å². The van der Waals surface area contributed by atoms with Gasteiger partial charge in [-0.2, -0.15) is 5.10 Å². The van der Waals surface area contributed by atoms with E-state index in [2.05, 4.69) is 19.2 Å². The molecule has 0 saturated carbocycles. The Bertz CT molecular complexity index is 958. The van der Waals surface area contributed by atoms with Crippen molar-refractivity contribution in [2.45, 2.75) is 65.0 Å². The number of carbonyl (C=O) groups excluding carboxylic acids is 1. The van der Waals surface area contributed by atoms with E-state index >= 15 is 0 Å². The molecule has 0 aliphatic carbocycles. The number of ether oxygens (including phenoxy) is 1. The van der Waals surface area contributed by atoms with Gasteiger partial charge in [-0.05, 0) is 44.4 Å². The molecule has 0 radical (unpaired) electrons. The van der Waals surface area contributed by atoms with Crippen molar-refractivity contribution < 1.29 is 14.6 Å². The van der Waals surface area contributed by atoms with E-state index in [1.165, 1.54) is 0 Å². The van der Waals surface area contributed by atoms with Gasteiger partial charge < -0.3 is 15.2 Å². The van der Waals surface area contributed by atoms with E-state index in [4.69, 9.17) is 9.84 Å². The first kappa shape index (κ1) is 20.7. The number of amides is 1. The summed E-state index contributed by atoms with van der Waals surface area (Å²) in [6, 6.07) is 5.70. The summed E-state index contributed by atoms with van der Waals surface area (Å²) in [6.45, 7) is 11.9. The Morgan fingerprint density at radius 2 is 2.07 bits per heavy atom. The first-order valence-electron chi connectivity index (χ1n) is 10.8. The lowest BCUT2D eigenvalue weighted by Crippen LogP contribution is -2.46. The van der Waals surface area contributed by atoms with Crippen LogP contribution >= 0.6 is 0 Å². The van der Waals surface area contributed by atoms with Crippen LogP contribution in [0.25, 0.3) is 5.69 Å². The highest BCUT2D eigenvalue weighted by Crippen LogP contribution is 2.37. The van der Waals surface area contributed by atoms with E-state index in [9.17, 15) is 9.90 Å². The number of phenolic OH excluding ortho intramolecular Hbond substituents is 1. The molecule has 162 valence electrons. The van der Waals surface area contributed by atoms with Gasteiger partial charge in [0.2, 0.25) is 0 Å². The van der Waals surface area contributed by atoms with E-state index in [0.717, 1.165) is 35.5 Å². The van der Waals surface area contributed by atoms with Gasteiger partial charge in [-0.1, -0.05) is 19.9 Å². The van der Waals surface area contributed by atoms with Crippen molar-refractivity contribution in [2.24, 2.45) is 0 Å². The number of phenols is 1. The van der Waals surface area contributed by atoms with Crippen LogP contribution in [0.1, 0.15) is 69.1 Å². The summed E-state index contributed by atoms with van der Waals surface area (Å²) in [5.74, 6) is 0.579. The fraction of sp³-hybridized carbons (Fsp3) is 0.565. The molecule has 0 fully saturated rings. The molecule has 0 saturated heterocycles. The topological polar surface area (TPSA) is 79.6 Å². The summed E-state index contributed by atoms with van der Waals surface area (Å²) < 4.78 is 7.55. The van der Waals surface area contributed by atoms with Crippen LogP contribution in [-0.4, -0.2) is 51.1 Å². The number of carbonyl (C=O) groups is 1. The van der Waals surface area contributed by atoms with Crippen molar-refractivity contribution in [2.75, 3.05) is 19.6 Å². The maximum atomic E-state index is 12.9. The molecule has 3 heterocycles. The Hall–Kier alpha value is -2.54. The lowest BCUT2D eigenvalue weighted by molar-refractivity contribution is 0.0142. The van der Waals surface area contributed by atoms with Crippen LogP contribution in [-0.2, 0) is 17.6 Å². The first-order valence-corrected chi connectivity index (χ1v) is 10.8. The van der Waals surface area contributed by atoms with Crippen LogP contribution < -0.4 is 5.32 Å². The number of aromatic nitrogens is 2. The fourth-order valence-corrected chi connectivity index (χ4v) is 4.34. The molecule has 0 spiro atoms. The molecule has 1 amide bonds. The average Bonchev–Trinajstić information content (AvgIpc) is 2.88. The highest BCUT2D eigenvalue weighted by atomic mass is 16.6. The average molecular weight is 413 g/mol. The molecule has 2 aliphatic rings. The minimum atomic E-state index is -0.535. The maximum Gasteiger partial charge on any atom is 0.410 e. The van der Waals surface area contributed by atoms with E-state index in [-0.39, 0.29) is 17.9 Å². The molecule has 1 unspecified atom stereocenters. The Labute approximate surface area is 178 Å². The monoisotopic (exact) mass is 412 g/mol. The third-order valence-corrected chi connectivity index (χ3v) is 5.80. The molecule has 2 aromatic rings. The van der Waals surface area contributed by atoms with Gasteiger partial charge in [-0.3, -0.25) is 4.90 Å². The molecule has 0 bridgehead atoms. The molecule has 1 aromatic carbocycles. The van der Waals surface area contributed by atoms with Crippen molar-refractivity contribution in [3.05, 3.63) is 40.7 Å². The minimum absolute atomic E-state index is 0.119. The molecular formula is C23H32N4O3. The molecule has 2 N–H and O–H groups in total. The number of hydrogen-bond donors (Lipinski definition) is 2. The van der Waals surface area contributed by atoms with E-state index in [1.807, 2.05) is 48.6 Å². The minimum Gasteiger partial charge on any atom is -0.506 e. The summed E-state index contributed by atoms with van der Waals surface area (Å²) in [7, 11) is 0. The van der Waals surface area contributed by atoms with Crippen LogP contribution in [0.5, 0.6) is 5.75 Å². The van der Waals surface area contributed by atoms with Crippen LogP contribution in [0.15, 0.2) is 18.2 Å². The van der Waals surface area contributed by atoms with Crippen LogP contribution in [0.4, 0.5) is 4.79 Å². The predicted molar refractivity (Wildman–Crippen MR) is 115 cm³/mol. The molecular weight excluding hydrogens is 380 g/mol. The second-order valence-corrected chi connectivity index (χ2v) is 9.52. The largest absolute Gasteiger partial charge is 0.506 e. The van der Waals surface area contributed by atoms with Gasteiger partial charge in [0.25, 0.3) is 0 Å². The van der Waals surface area contributed by atoms with Crippen molar-refractivity contribution in [3.63, 3.8) is 0 Å². The standard InChI is InChI=1S/C23H32N4O3/c1-14(2)15-6-7-17(20(28)12-15)27-18-9-11-26(22(29)30-23(3,4)5)19-13-24-10-8-16(25-27)21(18)19/h6-7,12,14,19,24,28H,8-11,13H2,1-5H3. The third-order valence-electron chi connectivity index (χ3n) is 5.80. The molecule has 4 rings (SSSR count). The van der Waals surface area contributed by atoms with Crippen LogP contribution in [0.3, 0.4) is 0 Å². The van der Waals surface area contributed by atoms with Crippen LogP contribution in [0.2, 0.25) is 0 Å². The van der Waals surface area contributed by atoms with Gasteiger partial charge >= 0.3 is 6.09 Å². The Morgan fingerprint density at radius 1 is 1.30 bits per heavy atom. The molecule has 7 heteroatoms. The number of aromatic hydroxyl groups is 1. The van der Waals surface area contributed by atoms with E-state index in [1.54, 1.807) is 0 Å². The summed E-state index contributed by atoms with van der Waals surface area (Å²) >= 11 is 0. The van der Waals surface area contributed by atoms with Crippen LogP contribution in [0, 0.1) is 0 Å². The lowest BCUT2D eigenvalue weighted by atomic mass is 9.96. The smallest absolute Gasteiger partial charge is 0.410 e. The number of nitrogens with zero attached hydrogens (tertiary/aromatic N) is 3. The third kappa shape index (κ3) is 3.78. The second kappa shape index (κ2) is 7.61. The Balaban J connectivity index is 1.74. The fourth-order valence-electron chi connectivity index (χ4n) is 4.34. The zero-order valence-electron chi connectivity index (χ0n) is 18.5. The second-order valence-electron chi connectivity index (χ2n) is 9.52. The molecule has 7 nitrogen and oxygen atoms in total. The normalized spacial score (nSPS) is 18.9. The zero-order chi connectivity index (χ0) is 21.6. The Kier molecular flexibility index (Phi) is 5.26. The molecule has 30 heavy (non-hydrogen) atoms. The van der Waals surface area contributed by atoms with Crippen molar-refractivity contribution in [1.29, 1.82) is 0 Å². The SMILES string of the molecule is CC(C)c1ccc(-n2nc3c4c2CCN(C(=O)OC(C)(C)C)C4CNCC3)c(O)c1. The lowest BCUT2D eigenvalue weighted by Gasteiger charge is -2.36. The molecule has 1 aromatic heterocycles. The molecule has 1 atom stereocenters. The van der Waals surface area contributed by atoms with Gasteiger partial charge in [-0.25, -0.2) is 9.48 Å². The Morgan fingerprint density at radius 3 is 2.73 bits per heavy atom. The summed E-state index contributed by atoms with van der Waals surface area (Å²) in [4.78, 5) is 14.7. The predicted octanol–water partition coefficient (Wildman–Crippen LogP) is 3.68. The summed E-state index contributed by atoms with van der Waals surface area (Å²) in [6.07, 6.45) is 1.17. The zero-order valence-corrected chi connectivity index (χ0v) is 18.5. The highest BCUT2D eigenvalue weighted by molar-refractivity contribution is 5.70. The first-order chi connectivity index (χ1) is 14.2. The summed E-state index contributed by atoms with van der Waals surface area (Å²) in [5, 5.41) is 19.0.